The Morgan fingerprint density at radius 2 is 2.14 bits per heavy atom. The van der Waals surface area contributed by atoms with Gasteiger partial charge in [-0.05, 0) is 37.2 Å². The van der Waals surface area contributed by atoms with Crippen LogP contribution < -0.4 is 11.1 Å². The molecule has 3 N–H and O–H groups in total. The van der Waals surface area contributed by atoms with Gasteiger partial charge in [-0.2, -0.15) is 0 Å². The van der Waals surface area contributed by atoms with Crippen molar-refractivity contribution < 1.29 is 4.79 Å². The molecule has 0 radical (unpaired) electrons. The van der Waals surface area contributed by atoms with Gasteiger partial charge in [0.15, 0.2) is 0 Å². The molecule has 1 amide bonds. The Morgan fingerprint density at radius 3 is 3.05 bits per heavy atom. The van der Waals surface area contributed by atoms with Crippen molar-refractivity contribution in [3.8, 4) is 0 Å². The summed E-state index contributed by atoms with van der Waals surface area (Å²) in [5.74, 6) is 0.154. The van der Waals surface area contributed by atoms with Crippen molar-refractivity contribution in [2.75, 3.05) is 31.9 Å². The predicted molar refractivity (Wildman–Crippen MR) is 83.9 cm³/mol. The van der Waals surface area contributed by atoms with Gasteiger partial charge in [0.25, 0.3) is 0 Å². The quantitative estimate of drug-likeness (QED) is 0.812. The van der Waals surface area contributed by atoms with Crippen LogP contribution in [0.1, 0.15) is 12.1 Å². The van der Waals surface area contributed by atoms with Crippen molar-refractivity contribution in [1.29, 1.82) is 0 Å². The predicted octanol–water partition coefficient (Wildman–Crippen LogP) is 1.18. The van der Waals surface area contributed by atoms with Gasteiger partial charge in [-0.3, -0.25) is 9.78 Å². The van der Waals surface area contributed by atoms with Crippen LogP contribution in [0.25, 0.3) is 10.9 Å². The standard InChI is InChI=1S/C16H20N4O/c17-13-3-5-15-12(10-13)2-4-14(19-15)11-16(21)20-8-1-6-18-7-9-20/h2-5,10,18H,1,6-9,11,17H2. The third-order valence-corrected chi connectivity index (χ3v) is 3.80. The van der Waals surface area contributed by atoms with E-state index < -0.39 is 0 Å². The van der Waals surface area contributed by atoms with Gasteiger partial charge in [-0.1, -0.05) is 6.07 Å². The smallest absolute Gasteiger partial charge is 0.228 e. The summed E-state index contributed by atoms with van der Waals surface area (Å²) in [5.41, 5.74) is 8.18. The molecule has 2 heterocycles. The maximum atomic E-state index is 12.3. The highest BCUT2D eigenvalue weighted by Gasteiger charge is 2.16. The molecular weight excluding hydrogens is 264 g/mol. The fourth-order valence-corrected chi connectivity index (χ4v) is 2.65. The van der Waals surface area contributed by atoms with E-state index in [1.54, 1.807) is 0 Å². The first-order valence-corrected chi connectivity index (χ1v) is 7.36. The van der Waals surface area contributed by atoms with Gasteiger partial charge in [0.05, 0.1) is 17.6 Å². The Morgan fingerprint density at radius 1 is 1.24 bits per heavy atom. The molecule has 0 spiro atoms. The molecule has 1 aromatic heterocycles. The van der Waals surface area contributed by atoms with Crippen LogP contribution >= 0.6 is 0 Å². The molecule has 21 heavy (non-hydrogen) atoms. The Balaban J connectivity index is 1.74. The Labute approximate surface area is 124 Å². The number of nitrogens with one attached hydrogen (secondary N) is 1. The molecule has 1 aliphatic heterocycles. The van der Waals surface area contributed by atoms with E-state index in [0.29, 0.717) is 6.42 Å². The monoisotopic (exact) mass is 284 g/mol. The Hall–Kier alpha value is -2.14. The number of nitrogen functional groups attached to an aromatic ring is 1. The maximum absolute atomic E-state index is 12.3. The summed E-state index contributed by atoms with van der Waals surface area (Å²) in [5, 5.41) is 4.31. The van der Waals surface area contributed by atoms with Crippen molar-refractivity contribution in [3.05, 3.63) is 36.0 Å². The summed E-state index contributed by atoms with van der Waals surface area (Å²) in [4.78, 5) is 18.8. The van der Waals surface area contributed by atoms with Gasteiger partial charge < -0.3 is 16.0 Å². The summed E-state index contributed by atoms with van der Waals surface area (Å²) in [6.45, 7) is 3.47. The van der Waals surface area contributed by atoms with E-state index in [0.717, 1.165) is 54.9 Å². The van der Waals surface area contributed by atoms with Crippen LogP contribution in [0.4, 0.5) is 5.69 Å². The minimum absolute atomic E-state index is 0.154. The van der Waals surface area contributed by atoms with Gasteiger partial charge >= 0.3 is 0 Å². The van der Waals surface area contributed by atoms with Crippen molar-refractivity contribution in [1.82, 2.24) is 15.2 Å². The molecule has 0 bridgehead atoms. The first kappa shape index (κ1) is 13.8. The fourth-order valence-electron chi connectivity index (χ4n) is 2.65. The van der Waals surface area contributed by atoms with Crippen molar-refractivity contribution >= 4 is 22.5 Å². The summed E-state index contributed by atoms with van der Waals surface area (Å²) in [6.07, 6.45) is 1.37. The molecule has 0 atom stereocenters. The number of benzene rings is 1. The normalized spacial score (nSPS) is 15.9. The fraction of sp³-hybridized carbons (Fsp3) is 0.375. The number of nitrogens with zero attached hydrogens (tertiary/aromatic N) is 2. The van der Waals surface area contributed by atoms with E-state index in [1.165, 1.54) is 0 Å². The number of aromatic nitrogens is 1. The number of rotatable bonds is 2. The zero-order chi connectivity index (χ0) is 14.7. The Kier molecular flexibility index (Phi) is 4.01. The third kappa shape index (κ3) is 3.31. The molecule has 1 aliphatic rings. The molecule has 5 heteroatoms. The number of nitrogens with two attached hydrogens (primary N) is 1. The molecule has 0 aliphatic carbocycles. The van der Waals surface area contributed by atoms with Crippen LogP contribution in [0.15, 0.2) is 30.3 Å². The van der Waals surface area contributed by atoms with Crippen LogP contribution in [0.5, 0.6) is 0 Å². The number of hydrogen-bond acceptors (Lipinski definition) is 4. The van der Waals surface area contributed by atoms with E-state index in [1.807, 2.05) is 35.2 Å². The first-order valence-electron chi connectivity index (χ1n) is 7.36. The molecule has 0 saturated carbocycles. The molecule has 2 aromatic rings. The van der Waals surface area contributed by atoms with Crippen molar-refractivity contribution in [3.63, 3.8) is 0 Å². The van der Waals surface area contributed by atoms with E-state index >= 15 is 0 Å². The van der Waals surface area contributed by atoms with E-state index in [2.05, 4.69) is 10.3 Å². The molecular formula is C16H20N4O. The van der Waals surface area contributed by atoms with Crippen molar-refractivity contribution in [2.24, 2.45) is 0 Å². The lowest BCUT2D eigenvalue weighted by Crippen LogP contribution is -2.35. The second-order valence-electron chi connectivity index (χ2n) is 5.42. The highest BCUT2D eigenvalue weighted by molar-refractivity contribution is 5.83. The Bertz CT molecular complexity index is 648. The highest BCUT2D eigenvalue weighted by atomic mass is 16.2. The maximum Gasteiger partial charge on any atom is 0.228 e. The average molecular weight is 284 g/mol. The van der Waals surface area contributed by atoms with Crippen LogP contribution in [0, 0.1) is 0 Å². The molecule has 3 rings (SSSR count). The highest BCUT2D eigenvalue weighted by Crippen LogP contribution is 2.16. The number of amides is 1. The van der Waals surface area contributed by atoms with Crippen LogP contribution in [-0.4, -0.2) is 42.0 Å². The second-order valence-corrected chi connectivity index (χ2v) is 5.42. The van der Waals surface area contributed by atoms with Gasteiger partial charge in [0.2, 0.25) is 5.91 Å². The first-order chi connectivity index (χ1) is 10.2. The van der Waals surface area contributed by atoms with E-state index in [9.17, 15) is 4.79 Å². The number of hydrogen-bond donors (Lipinski definition) is 2. The van der Waals surface area contributed by atoms with Crippen molar-refractivity contribution in [2.45, 2.75) is 12.8 Å². The number of carbonyl (C=O) groups is 1. The van der Waals surface area contributed by atoms with Gasteiger partial charge in [0, 0.05) is 30.7 Å². The van der Waals surface area contributed by atoms with Gasteiger partial charge in [-0.25, -0.2) is 0 Å². The lowest BCUT2D eigenvalue weighted by molar-refractivity contribution is -0.130. The van der Waals surface area contributed by atoms with Gasteiger partial charge in [0.1, 0.15) is 0 Å². The zero-order valence-corrected chi connectivity index (χ0v) is 12.0. The van der Waals surface area contributed by atoms with E-state index in [4.69, 9.17) is 5.73 Å². The molecule has 110 valence electrons. The number of carbonyl (C=O) groups excluding carboxylic acids is 1. The minimum Gasteiger partial charge on any atom is -0.399 e. The molecule has 1 aromatic carbocycles. The topological polar surface area (TPSA) is 71.2 Å². The minimum atomic E-state index is 0.154. The lowest BCUT2D eigenvalue weighted by Gasteiger charge is -2.19. The average Bonchev–Trinajstić information content (AvgIpc) is 2.76. The van der Waals surface area contributed by atoms with E-state index in [-0.39, 0.29) is 5.91 Å². The van der Waals surface area contributed by atoms with Gasteiger partial charge in [-0.15, -0.1) is 0 Å². The summed E-state index contributed by atoms with van der Waals surface area (Å²) in [7, 11) is 0. The summed E-state index contributed by atoms with van der Waals surface area (Å²) < 4.78 is 0. The molecule has 0 unspecified atom stereocenters. The SMILES string of the molecule is Nc1ccc2nc(CC(=O)N3CCCNCC3)ccc2c1. The van der Waals surface area contributed by atoms with Crippen LogP contribution in [-0.2, 0) is 11.2 Å². The lowest BCUT2D eigenvalue weighted by atomic mass is 10.1. The zero-order valence-electron chi connectivity index (χ0n) is 12.0. The molecule has 5 nitrogen and oxygen atoms in total. The largest absolute Gasteiger partial charge is 0.399 e. The number of pyridine rings is 1. The number of fused-ring (bicyclic) bond motifs is 1. The molecule has 1 saturated heterocycles. The summed E-state index contributed by atoms with van der Waals surface area (Å²) in [6, 6.07) is 9.52. The van der Waals surface area contributed by atoms with Crippen LogP contribution in [0.3, 0.4) is 0 Å². The third-order valence-electron chi connectivity index (χ3n) is 3.80. The van der Waals surface area contributed by atoms with Crippen LogP contribution in [0.2, 0.25) is 0 Å². The summed E-state index contributed by atoms with van der Waals surface area (Å²) >= 11 is 0. The number of anilines is 1. The molecule has 1 fully saturated rings. The second kappa shape index (κ2) is 6.10.